The van der Waals surface area contributed by atoms with Crippen LogP contribution in [-0.2, 0) is 11.2 Å². The van der Waals surface area contributed by atoms with E-state index in [9.17, 15) is 15.0 Å². The molecule has 4 nitrogen and oxygen atoms in total. The van der Waals surface area contributed by atoms with Crippen molar-refractivity contribution in [2.45, 2.75) is 19.3 Å². The Morgan fingerprint density at radius 2 is 1.95 bits per heavy atom. The molecule has 110 valence electrons. The molecule has 21 heavy (non-hydrogen) atoms. The summed E-state index contributed by atoms with van der Waals surface area (Å²) >= 11 is 0. The minimum Gasteiger partial charge on any atom is -0.508 e. The zero-order chi connectivity index (χ0) is 15.4. The van der Waals surface area contributed by atoms with Gasteiger partial charge in [0.25, 0.3) is 0 Å². The second kappa shape index (κ2) is 6.31. The van der Waals surface area contributed by atoms with E-state index in [1.165, 1.54) is 0 Å². The highest BCUT2D eigenvalue weighted by atomic mass is 16.5. The zero-order valence-electron chi connectivity index (χ0n) is 12.0. The molecule has 0 bridgehead atoms. The van der Waals surface area contributed by atoms with Gasteiger partial charge < -0.3 is 14.9 Å². The molecule has 2 N–H and O–H groups in total. The molecule has 0 aliphatic carbocycles. The molecule has 2 aromatic rings. The quantitative estimate of drug-likeness (QED) is 0.886. The van der Waals surface area contributed by atoms with E-state index < -0.39 is 11.9 Å². The van der Waals surface area contributed by atoms with Gasteiger partial charge in [-0.3, -0.25) is 4.79 Å². The summed E-state index contributed by atoms with van der Waals surface area (Å²) in [5.41, 5.74) is 2.21. The number of benzene rings is 2. The van der Waals surface area contributed by atoms with Crippen LogP contribution < -0.4 is 4.74 Å². The predicted octanol–water partition coefficient (Wildman–Crippen LogP) is 3.12. The number of aromatic hydroxyl groups is 1. The van der Waals surface area contributed by atoms with Crippen molar-refractivity contribution in [3.63, 3.8) is 0 Å². The van der Waals surface area contributed by atoms with Gasteiger partial charge in [0.05, 0.1) is 13.0 Å². The largest absolute Gasteiger partial charge is 0.508 e. The van der Waals surface area contributed by atoms with Gasteiger partial charge in [-0.15, -0.1) is 0 Å². The molecule has 2 rings (SSSR count). The maximum atomic E-state index is 11.6. The van der Waals surface area contributed by atoms with E-state index in [-0.39, 0.29) is 12.2 Å². The van der Waals surface area contributed by atoms with Crippen LogP contribution in [0.4, 0.5) is 0 Å². The molecule has 0 aliphatic heterocycles. The van der Waals surface area contributed by atoms with Gasteiger partial charge >= 0.3 is 5.97 Å². The molecule has 0 spiro atoms. The number of carboxylic acids is 1. The number of phenolic OH excluding ortho intramolecular Hbond substituents is 1. The molecule has 0 fully saturated rings. The van der Waals surface area contributed by atoms with Crippen molar-refractivity contribution in [2.75, 3.05) is 7.11 Å². The van der Waals surface area contributed by atoms with Crippen LogP contribution in [0.2, 0.25) is 0 Å². The number of ether oxygens (including phenoxy) is 1. The van der Waals surface area contributed by atoms with Crippen LogP contribution in [-0.4, -0.2) is 23.3 Å². The molecule has 0 saturated heterocycles. The van der Waals surface area contributed by atoms with Crippen molar-refractivity contribution >= 4 is 5.97 Å². The number of aliphatic carboxylic acids is 1. The summed E-state index contributed by atoms with van der Waals surface area (Å²) in [5.74, 6) is -0.798. The van der Waals surface area contributed by atoms with E-state index in [1.54, 1.807) is 43.5 Å². The Labute approximate surface area is 123 Å². The molecule has 0 amide bonds. The number of phenols is 1. The van der Waals surface area contributed by atoms with Crippen LogP contribution in [0, 0.1) is 6.92 Å². The van der Waals surface area contributed by atoms with Crippen LogP contribution >= 0.6 is 0 Å². The van der Waals surface area contributed by atoms with E-state index in [1.807, 2.05) is 13.0 Å². The molecule has 0 heterocycles. The fraction of sp³-hybridized carbons (Fsp3) is 0.235. The lowest BCUT2D eigenvalue weighted by molar-refractivity contribution is -0.138. The average Bonchev–Trinajstić information content (AvgIpc) is 2.46. The highest BCUT2D eigenvalue weighted by Gasteiger charge is 2.23. The van der Waals surface area contributed by atoms with Crippen molar-refractivity contribution in [2.24, 2.45) is 0 Å². The van der Waals surface area contributed by atoms with E-state index in [0.29, 0.717) is 11.3 Å². The number of rotatable bonds is 5. The van der Waals surface area contributed by atoms with Gasteiger partial charge in [-0.05, 0) is 48.2 Å². The molecule has 0 radical (unpaired) electrons. The summed E-state index contributed by atoms with van der Waals surface area (Å²) in [6, 6.07) is 12.1. The Hall–Kier alpha value is -2.49. The summed E-state index contributed by atoms with van der Waals surface area (Å²) in [7, 11) is 1.57. The molecular formula is C17H18O4. The smallest absolute Gasteiger partial charge is 0.311 e. The first-order chi connectivity index (χ1) is 10.0. The third kappa shape index (κ3) is 3.34. The van der Waals surface area contributed by atoms with E-state index in [0.717, 1.165) is 11.1 Å². The highest BCUT2D eigenvalue weighted by molar-refractivity contribution is 5.77. The van der Waals surface area contributed by atoms with E-state index in [4.69, 9.17) is 4.74 Å². The van der Waals surface area contributed by atoms with Gasteiger partial charge in [0.2, 0.25) is 0 Å². The third-order valence-corrected chi connectivity index (χ3v) is 3.57. The topological polar surface area (TPSA) is 66.8 Å². The van der Waals surface area contributed by atoms with Crippen molar-refractivity contribution in [1.82, 2.24) is 0 Å². The third-order valence-electron chi connectivity index (χ3n) is 3.57. The molecule has 1 unspecified atom stereocenters. The molecular weight excluding hydrogens is 268 g/mol. The Bertz CT molecular complexity index is 649. The SMILES string of the molecule is COc1ccc(C(Cc2ccccc2O)C(=O)O)c(C)c1. The number of methoxy groups -OCH3 is 1. The molecule has 1 atom stereocenters. The Morgan fingerprint density at radius 3 is 2.52 bits per heavy atom. The van der Waals surface area contributed by atoms with Gasteiger partial charge in [-0.25, -0.2) is 0 Å². The predicted molar refractivity (Wildman–Crippen MR) is 79.9 cm³/mol. The van der Waals surface area contributed by atoms with Gasteiger partial charge in [0.1, 0.15) is 11.5 Å². The highest BCUT2D eigenvalue weighted by Crippen LogP contribution is 2.29. The van der Waals surface area contributed by atoms with Crippen LogP contribution in [0.3, 0.4) is 0 Å². The normalized spacial score (nSPS) is 11.9. The number of para-hydroxylation sites is 1. The van der Waals surface area contributed by atoms with Crippen LogP contribution in [0.25, 0.3) is 0 Å². The maximum absolute atomic E-state index is 11.6. The van der Waals surface area contributed by atoms with Crippen molar-refractivity contribution in [3.8, 4) is 11.5 Å². The number of carboxylic acid groups (broad SMARTS) is 1. The molecule has 2 aromatic carbocycles. The monoisotopic (exact) mass is 286 g/mol. The lowest BCUT2D eigenvalue weighted by Gasteiger charge is -2.17. The maximum Gasteiger partial charge on any atom is 0.311 e. The first-order valence-corrected chi connectivity index (χ1v) is 6.67. The second-order valence-electron chi connectivity index (χ2n) is 4.95. The van der Waals surface area contributed by atoms with Crippen LogP contribution in [0.5, 0.6) is 11.5 Å². The van der Waals surface area contributed by atoms with Gasteiger partial charge in [0.15, 0.2) is 0 Å². The first-order valence-electron chi connectivity index (χ1n) is 6.67. The second-order valence-corrected chi connectivity index (χ2v) is 4.95. The molecule has 0 aliphatic rings. The summed E-state index contributed by atoms with van der Waals surface area (Å²) in [6.07, 6.45) is 0.245. The lowest BCUT2D eigenvalue weighted by Crippen LogP contribution is -2.15. The fourth-order valence-electron chi connectivity index (χ4n) is 2.40. The summed E-state index contributed by atoms with van der Waals surface area (Å²) in [4.78, 5) is 11.6. The fourth-order valence-corrected chi connectivity index (χ4v) is 2.40. The lowest BCUT2D eigenvalue weighted by atomic mass is 9.89. The summed E-state index contributed by atoms with van der Waals surface area (Å²) in [5, 5.41) is 19.3. The van der Waals surface area contributed by atoms with Crippen molar-refractivity contribution in [1.29, 1.82) is 0 Å². The Balaban J connectivity index is 2.36. The van der Waals surface area contributed by atoms with E-state index >= 15 is 0 Å². The van der Waals surface area contributed by atoms with Crippen LogP contribution in [0.1, 0.15) is 22.6 Å². The number of carbonyl (C=O) groups is 1. The van der Waals surface area contributed by atoms with E-state index in [2.05, 4.69) is 0 Å². The summed E-state index contributed by atoms with van der Waals surface area (Å²) < 4.78 is 5.14. The Morgan fingerprint density at radius 1 is 1.24 bits per heavy atom. The minimum absolute atomic E-state index is 0.120. The van der Waals surface area contributed by atoms with Crippen molar-refractivity contribution in [3.05, 3.63) is 59.2 Å². The first kappa shape index (κ1) is 14.9. The summed E-state index contributed by atoms with van der Waals surface area (Å²) in [6.45, 7) is 1.86. The molecule has 0 aromatic heterocycles. The van der Waals surface area contributed by atoms with Gasteiger partial charge in [-0.2, -0.15) is 0 Å². The minimum atomic E-state index is -0.911. The molecule has 0 saturated carbocycles. The average molecular weight is 286 g/mol. The van der Waals surface area contributed by atoms with Gasteiger partial charge in [0, 0.05) is 0 Å². The van der Waals surface area contributed by atoms with Crippen LogP contribution in [0.15, 0.2) is 42.5 Å². The Kier molecular flexibility index (Phi) is 4.48. The standard InChI is InChI=1S/C17H18O4/c1-11-9-13(21-2)7-8-14(11)15(17(19)20)10-12-5-3-4-6-16(12)18/h3-9,15,18H,10H2,1-2H3,(H,19,20). The number of hydrogen-bond acceptors (Lipinski definition) is 3. The number of hydrogen-bond donors (Lipinski definition) is 2. The molecule has 4 heteroatoms. The zero-order valence-corrected chi connectivity index (χ0v) is 12.0. The number of aryl methyl sites for hydroxylation is 1. The van der Waals surface area contributed by atoms with Gasteiger partial charge in [-0.1, -0.05) is 24.3 Å². The van der Waals surface area contributed by atoms with Crippen molar-refractivity contribution < 1.29 is 19.7 Å².